The molecule has 0 fully saturated rings. The fourth-order valence-electron chi connectivity index (χ4n) is 2.96. The van der Waals surface area contributed by atoms with Crippen LogP contribution >= 0.6 is 0 Å². The van der Waals surface area contributed by atoms with Crippen LogP contribution in [-0.2, 0) is 17.8 Å². The molecule has 0 spiro atoms. The van der Waals surface area contributed by atoms with Crippen molar-refractivity contribution in [3.05, 3.63) is 76.3 Å². The van der Waals surface area contributed by atoms with E-state index >= 15 is 0 Å². The summed E-state index contributed by atoms with van der Waals surface area (Å²) < 4.78 is 6.93. The molecule has 3 aromatic rings. The van der Waals surface area contributed by atoms with Crippen LogP contribution in [0.3, 0.4) is 0 Å². The number of benzene rings is 2. The van der Waals surface area contributed by atoms with Crippen LogP contribution in [0.25, 0.3) is 10.9 Å². The van der Waals surface area contributed by atoms with Gasteiger partial charge in [0.25, 0.3) is 5.56 Å². The molecule has 0 amide bonds. The zero-order chi connectivity index (χ0) is 17.6. The largest absolute Gasteiger partial charge is 0.383 e. The first-order chi connectivity index (χ1) is 12.2. The molecule has 1 aromatic heterocycles. The summed E-state index contributed by atoms with van der Waals surface area (Å²) in [5.41, 5.74) is 2.00. The molecule has 0 radical (unpaired) electrons. The Morgan fingerprint density at radius 2 is 1.84 bits per heavy atom. The lowest BCUT2D eigenvalue weighted by molar-refractivity contribution is -0.709. The van der Waals surface area contributed by atoms with Gasteiger partial charge in [-0.3, -0.25) is 9.36 Å². The minimum atomic E-state index is -0.00221. The van der Waals surface area contributed by atoms with Crippen molar-refractivity contribution in [3.63, 3.8) is 0 Å². The Bertz CT molecular complexity index is 890. The van der Waals surface area contributed by atoms with Crippen LogP contribution in [0.1, 0.15) is 24.4 Å². The van der Waals surface area contributed by atoms with Gasteiger partial charge in [-0.1, -0.05) is 42.5 Å². The molecule has 0 aliphatic heterocycles. The van der Waals surface area contributed by atoms with E-state index in [1.165, 1.54) is 5.56 Å². The van der Waals surface area contributed by atoms with Crippen molar-refractivity contribution in [2.24, 2.45) is 0 Å². The number of ether oxygens (including phenoxy) is 1. The van der Waals surface area contributed by atoms with E-state index in [0.717, 1.165) is 17.9 Å². The van der Waals surface area contributed by atoms with Crippen LogP contribution in [-0.4, -0.2) is 23.3 Å². The first-order valence-electron chi connectivity index (χ1n) is 8.56. The van der Waals surface area contributed by atoms with Crippen molar-refractivity contribution >= 4 is 10.9 Å². The summed E-state index contributed by atoms with van der Waals surface area (Å²) in [6.07, 6.45) is 0. The Hall–Kier alpha value is -2.50. The van der Waals surface area contributed by atoms with Gasteiger partial charge in [0.15, 0.2) is 5.82 Å². The van der Waals surface area contributed by atoms with E-state index in [1.807, 2.05) is 42.5 Å². The lowest BCUT2D eigenvalue weighted by atomic mass is 10.2. The molecule has 130 valence electrons. The van der Waals surface area contributed by atoms with Crippen LogP contribution < -0.4 is 10.9 Å². The number of rotatable bonds is 7. The Labute approximate surface area is 147 Å². The standard InChI is InChI=1S/C20H23N3O2/c1-15(21-14-16-8-4-3-5-9-16)19-22-18-11-7-6-10-17(18)20(24)23(19)12-13-25-2/h3-11,15,21H,12-14H2,1-2H3/p+1/t15-/m0/s1. The molecule has 0 aliphatic rings. The summed E-state index contributed by atoms with van der Waals surface area (Å²) in [6.45, 7) is 3.92. The number of nitrogens with two attached hydrogens (primary N) is 1. The summed E-state index contributed by atoms with van der Waals surface area (Å²) in [7, 11) is 1.64. The average Bonchev–Trinajstić information content (AvgIpc) is 2.66. The van der Waals surface area contributed by atoms with E-state index < -0.39 is 0 Å². The van der Waals surface area contributed by atoms with Gasteiger partial charge in [-0.15, -0.1) is 0 Å². The number of methoxy groups -OCH3 is 1. The molecule has 5 nitrogen and oxygen atoms in total. The molecule has 0 saturated carbocycles. The summed E-state index contributed by atoms with van der Waals surface area (Å²) in [5, 5.41) is 2.85. The van der Waals surface area contributed by atoms with Crippen molar-refractivity contribution in [2.75, 3.05) is 13.7 Å². The minimum Gasteiger partial charge on any atom is -0.383 e. The first kappa shape index (κ1) is 17.3. The van der Waals surface area contributed by atoms with E-state index in [2.05, 4.69) is 24.4 Å². The first-order valence-corrected chi connectivity index (χ1v) is 8.56. The molecular formula is C20H24N3O2+. The van der Waals surface area contributed by atoms with E-state index in [-0.39, 0.29) is 11.6 Å². The highest BCUT2D eigenvalue weighted by atomic mass is 16.5. The lowest BCUT2D eigenvalue weighted by Gasteiger charge is -2.17. The van der Waals surface area contributed by atoms with Gasteiger partial charge < -0.3 is 10.1 Å². The van der Waals surface area contributed by atoms with E-state index in [1.54, 1.807) is 11.7 Å². The van der Waals surface area contributed by atoms with Gasteiger partial charge in [-0.2, -0.15) is 0 Å². The van der Waals surface area contributed by atoms with Gasteiger partial charge in [0.1, 0.15) is 12.6 Å². The molecule has 0 bridgehead atoms. The normalized spacial score (nSPS) is 12.4. The Kier molecular flexibility index (Phi) is 5.58. The maximum absolute atomic E-state index is 12.9. The van der Waals surface area contributed by atoms with Crippen molar-refractivity contribution in [3.8, 4) is 0 Å². The van der Waals surface area contributed by atoms with E-state index in [9.17, 15) is 4.79 Å². The monoisotopic (exact) mass is 338 g/mol. The van der Waals surface area contributed by atoms with Gasteiger partial charge in [0.05, 0.1) is 24.1 Å². The Morgan fingerprint density at radius 3 is 2.60 bits per heavy atom. The Balaban J connectivity index is 1.93. The average molecular weight is 338 g/mol. The molecule has 0 saturated heterocycles. The van der Waals surface area contributed by atoms with Crippen LogP contribution in [0.15, 0.2) is 59.4 Å². The lowest BCUT2D eigenvalue weighted by Crippen LogP contribution is -2.83. The fraction of sp³-hybridized carbons (Fsp3) is 0.300. The van der Waals surface area contributed by atoms with Crippen molar-refractivity contribution < 1.29 is 10.1 Å². The quantitative estimate of drug-likeness (QED) is 0.715. The van der Waals surface area contributed by atoms with Crippen LogP contribution in [0, 0.1) is 0 Å². The molecule has 1 heterocycles. The predicted octanol–water partition coefficient (Wildman–Crippen LogP) is 1.87. The van der Waals surface area contributed by atoms with Gasteiger partial charge in [0.2, 0.25) is 0 Å². The maximum Gasteiger partial charge on any atom is 0.261 e. The molecule has 25 heavy (non-hydrogen) atoms. The molecule has 0 aliphatic carbocycles. The smallest absolute Gasteiger partial charge is 0.261 e. The highest BCUT2D eigenvalue weighted by Crippen LogP contribution is 2.11. The number of hydrogen-bond donors (Lipinski definition) is 1. The van der Waals surface area contributed by atoms with Gasteiger partial charge >= 0.3 is 0 Å². The summed E-state index contributed by atoms with van der Waals surface area (Å²) in [5.74, 6) is 0.789. The molecule has 3 rings (SSSR count). The van der Waals surface area contributed by atoms with Crippen molar-refractivity contribution in [1.29, 1.82) is 0 Å². The number of para-hydroxylation sites is 1. The Morgan fingerprint density at radius 1 is 1.12 bits per heavy atom. The van der Waals surface area contributed by atoms with Crippen molar-refractivity contribution in [1.82, 2.24) is 9.55 Å². The predicted molar refractivity (Wildman–Crippen MR) is 98.4 cm³/mol. The molecular weight excluding hydrogens is 314 g/mol. The third-order valence-corrected chi connectivity index (χ3v) is 4.37. The summed E-state index contributed by atoms with van der Waals surface area (Å²) in [4.78, 5) is 17.7. The molecule has 5 heteroatoms. The van der Waals surface area contributed by atoms with Crippen LogP contribution in [0.5, 0.6) is 0 Å². The fourth-order valence-corrected chi connectivity index (χ4v) is 2.96. The number of quaternary nitrogens is 1. The summed E-state index contributed by atoms with van der Waals surface area (Å²) >= 11 is 0. The topological polar surface area (TPSA) is 60.7 Å². The van der Waals surface area contributed by atoms with Crippen molar-refractivity contribution in [2.45, 2.75) is 26.1 Å². The number of fused-ring (bicyclic) bond motifs is 1. The summed E-state index contributed by atoms with van der Waals surface area (Å²) in [6, 6.07) is 17.9. The zero-order valence-corrected chi connectivity index (χ0v) is 14.7. The number of hydrogen-bond acceptors (Lipinski definition) is 3. The SMILES string of the molecule is COCCn1c([C@H](C)[NH2+]Cc2ccccc2)nc2ccccc2c1=O. The molecule has 2 N–H and O–H groups in total. The van der Waals surface area contributed by atoms with Gasteiger partial charge in [0, 0.05) is 12.7 Å². The zero-order valence-electron chi connectivity index (χ0n) is 14.7. The second kappa shape index (κ2) is 8.05. The van der Waals surface area contributed by atoms with Gasteiger partial charge in [-0.05, 0) is 19.1 Å². The number of nitrogens with zero attached hydrogens (tertiary/aromatic N) is 2. The third kappa shape index (κ3) is 3.95. The molecule has 1 atom stereocenters. The number of aromatic nitrogens is 2. The second-order valence-corrected chi connectivity index (χ2v) is 6.15. The molecule has 0 unspecified atom stereocenters. The minimum absolute atomic E-state index is 0.00221. The third-order valence-electron chi connectivity index (χ3n) is 4.37. The highest BCUT2D eigenvalue weighted by molar-refractivity contribution is 5.77. The maximum atomic E-state index is 12.9. The second-order valence-electron chi connectivity index (χ2n) is 6.15. The van der Waals surface area contributed by atoms with E-state index in [0.29, 0.717) is 18.5 Å². The van der Waals surface area contributed by atoms with Crippen LogP contribution in [0.4, 0.5) is 0 Å². The van der Waals surface area contributed by atoms with Crippen LogP contribution in [0.2, 0.25) is 0 Å². The highest BCUT2D eigenvalue weighted by Gasteiger charge is 2.18. The van der Waals surface area contributed by atoms with Gasteiger partial charge in [-0.25, -0.2) is 4.98 Å². The van der Waals surface area contributed by atoms with E-state index in [4.69, 9.17) is 9.72 Å². The molecule has 2 aromatic carbocycles.